The monoisotopic (exact) mass is 374 g/mol. The van der Waals surface area contributed by atoms with Crippen LogP contribution in [0.5, 0.6) is 5.75 Å². The molecule has 0 heterocycles. The lowest BCUT2D eigenvalue weighted by molar-refractivity contribution is -0.117. The first-order chi connectivity index (χ1) is 13.7. The van der Waals surface area contributed by atoms with Gasteiger partial charge in [-0.3, -0.25) is 9.69 Å². The molecule has 0 atom stereocenters. The predicted octanol–water partition coefficient (Wildman–Crippen LogP) is 4.75. The number of hydrogen-bond donors (Lipinski definition) is 1. The first-order valence-electron chi connectivity index (χ1n) is 9.50. The number of anilines is 1. The van der Waals surface area contributed by atoms with E-state index >= 15 is 0 Å². The highest BCUT2D eigenvalue weighted by molar-refractivity contribution is 5.92. The lowest BCUT2D eigenvalue weighted by Gasteiger charge is -2.28. The molecule has 0 aromatic heterocycles. The Labute approximate surface area is 166 Å². The van der Waals surface area contributed by atoms with Gasteiger partial charge in [0.1, 0.15) is 5.75 Å². The van der Waals surface area contributed by atoms with Crippen LogP contribution in [0.2, 0.25) is 0 Å². The Bertz CT molecular complexity index is 825. The van der Waals surface area contributed by atoms with Crippen molar-refractivity contribution in [2.24, 2.45) is 0 Å². The summed E-state index contributed by atoms with van der Waals surface area (Å²) in [5.41, 5.74) is 3.08. The van der Waals surface area contributed by atoms with Crippen LogP contribution in [0, 0.1) is 0 Å². The van der Waals surface area contributed by atoms with Crippen molar-refractivity contribution in [3.63, 3.8) is 0 Å². The summed E-state index contributed by atoms with van der Waals surface area (Å²) in [6, 6.07) is 27.9. The molecule has 0 saturated heterocycles. The minimum Gasteiger partial charge on any atom is -0.494 e. The average molecular weight is 374 g/mol. The highest BCUT2D eigenvalue weighted by Gasteiger charge is 2.21. The third kappa shape index (κ3) is 5.21. The van der Waals surface area contributed by atoms with Crippen LogP contribution in [-0.2, 0) is 4.79 Å². The Hall–Kier alpha value is -3.11. The van der Waals surface area contributed by atoms with Gasteiger partial charge in [0.25, 0.3) is 0 Å². The van der Waals surface area contributed by atoms with Gasteiger partial charge in [-0.25, -0.2) is 0 Å². The quantitative estimate of drug-likeness (QED) is 0.619. The summed E-state index contributed by atoms with van der Waals surface area (Å²) in [6.07, 6.45) is 0. The number of ether oxygens (including phenoxy) is 1. The Morgan fingerprint density at radius 1 is 0.893 bits per heavy atom. The topological polar surface area (TPSA) is 41.6 Å². The summed E-state index contributed by atoms with van der Waals surface area (Å²) >= 11 is 0. The molecule has 3 aromatic carbocycles. The average Bonchev–Trinajstić information content (AvgIpc) is 2.71. The molecule has 144 valence electrons. The second-order valence-electron chi connectivity index (χ2n) is 6.64. The van der Waals surface area contributed by atoms with Crippen molar-refractivity contribution < 1.29 is 9.53 Å². The Morgan fingerprint density at radius 2 is 1.43 bits per heavy atom. The molecule has 0 unspecified atom stereocenters. The maximum atomic E-state index is 12.6. The minimum absolute atomic E-state index is 0.00785. The summed E-state index contributed by atoms with van der Waals surface area (Å²) in [4.78, 5) is 14.7. The van der Waals surface area contributed by atoms with Crippen LogP contribution in [0.15, 0.2) is 84.9 Å². The largest absolute Gasteiger partial charge is 0.494 e. The Morgan fingerprint density at radius 3 is 1.93 bits per heavy atom. The second kappa shape index (κ2) is 9.72. The fraction of sp³-hybridized carbons (Fsp3) is 0.208. The number of nitrogens with zero attached hydrogens (tertiary/aromatic N) is 1. The zero-order valence-corrected chi connectivity index (χ0v) is 16.3. The molecule has 0 aliphatic carbocycles. The van der Waals surface area contributed by atoms with Crippen molar-refractivity contribution in [3.8, 4) is 5.75 Å². The molecule has 0 bridgehead atoms. The summed E-state index contributed by atoms with van der Waals surface area (Å²) in [7, 11) is 1.97. The van der Waals surface area contributed by atoms with Gasteiger partial charge in [0.2, 0.25) is 5.91 Å². The van der Waals surface area contributed by atoms with Crippen molar-refractivity contribution in [2.45, 2.75) is 13.0 Å². The van der Waals surface area contributed by atoms with Crippen molar-refractivity contribution in [1.82, 2.24) is 4.90 Å². The van der Waals surface area contributed by atoms with Gasteiger partial charge in [-0.05, 0) is 49.4 Å². The number of hydrogen-bond acceptors (Lipinski definition) is 3. The lowest BCUT2D eigenvalue weighted by atomic mass is 9.97. The summed E-state index contributed by atoms with van der Waals surface area (Å²) < 4.78 is 5.44. The lowest BCUT2D eigenvalue weighted by Crippen LogP contribution is -2.33. The summed E-state index contributed by atoms with van der Waals surface area (Å²) in [5.74, 6) is 0.745. The molecule has 0 aliphatic rings. The molecule has 0 saturated carbocycles. The van der Waals surface area contributed by atoms with E-state index in [4.69, 9.17) is 4.74 Å². The van der Waals surface area contributed by atoms with E-state index in [1.807, 2.05) is 74.6 Å². The molecule has 4 heteroatoms. The smallest absolute Gasteiger partial charge is 0.238 e. The van der Waals surface area contributed by atoms with E-state index in [1.165, 1.54) is 0 Å². The van der Waals surface area contributed by atoms with Gasteiger partial charge < -0.3 is 10.1 Å². The zero-order valence-electron chi connectivity index (χ0n) is 16.3. The normalized spacial score (nSPS) is 10.9. The highest BCUT2D eigenvalue weighted by atomic mass is 16.5. The van der Waals surface area contributed by atoms with Crippen LogP contribution in [0.25, 0.3) is 0 Å². The molecule has 3 rings (SSSR count). The fourth-order valence-electron chi connectivity index (χ4n) is 3.29. The first-order valence-corrected chi connectivity index (χ1v) is 9.50. The molecule has 28 heavy (non-hydrogen) atoms. The van der Waals surface area contributed by atoms with Crippen molar-refractivity contribution >= 4 is 11.6 Å². The Kier molecular flexibility index (Phi) is 6.82. The molecule has 0 fully saturated rings. The standard InChI is InChI=1S/C24H26N2O2/c1-3-28-22-16-14-21(15-17-22)25-23(27)18-26(2)24(19-10-6-4-7-11-19)20-12-8-5-9-13-20/h4-17,24H,3,18H2,1-2H3,(H,25,27). The van der Waals surface area contributed by atoms with Gasteiger partial charge >= 0.3 is 0 Å². The number of likely N-dealkylation sites (N-methyl/N-ethyl adjacent to an activating group) is 1. The number of carbonyl (C=O) groups excluding carboxylic acids is 1. The zero-order chi connectivity index (χ0) is 19.8. The van der Waals surface area contributed by atoms with Crippen molar-refractivity contribution in [3.05, 3.63) is 96.1 Å². The summed E-state index contributed by atoms with van der Waals surface area (Å²) in [6.45, 7) is 2.85. The van der Waals surface area contributed by atoms with Gasteiger partial charge in [0.15, 0.2) is 0 Å². The second-order valence-corrected chi connectivity index (χ2v) is 6.64. The molecule has 0 spiro atoms. The summed E-state index contributed by atoms with van der Waals surface area (Å²) in [5, 5.41) is 2.96. The third-order valence-electron chi connectivity index (χ3n) is 4.51. The van der Waals surface area contributed by atoms with E-state index in [0.29, 0.717) is 6.61 Å². The van der Waals surface area contributed by atoms with Gasteiger partial charge in [-0.15, -0.1) is 0 Å². The molecule has 1 N–H and O–H groups in total. The minimum atomic E-state index is -0.0523. The molecule has 0 radical (unpaired) electrons. The number of nitrogens with one attached hydrogen (secondary N) is 1. The maximum absolute atomic E-state index is 12.6. The van der Waals surface area contributed by atoms with Crippen LogP contribution >= 0.6 is 0 Å². The molecule has 1 amide bonds. The predicted molar refractivity (Wildman–Crippen MR) is 114 cm³/mol. The molecular formula is C24H26N2O2. The van der Waals surface area contributed by atoms with E-state index in [-0.39, 0.29) is 18.5 Å². The van der Waals surface area contributed by atoms with Crippen LogP contribution < -0.4 is 10.1 Å². The van der Waals surface area contributed by atoms with E-state index in [9.17, 15) is 4.79 Å². The van der Waals surface area contributed by atoms with Crippen LogP contribution in [-0.4, -0.2) is 31.0 Å². The van der Waals surface area contributed by atoms with E-state index in [0.717, 1.165) is 22.6 Å². The van der Waals surface area contributed by atoms with Gasteiger partial charge in [-0.1, -0.05) is 60.7 Å². The van der Waals surface area contributed by atoms with Gasteiger partial charge in [-0.2, -0.15) is 0 Å². The SMILES string of the molecule is CCOc1ccc(NC(=O)CN(C)C(c2ccccc2)c2ccccc2)cc1. The van der Waals surface area contributed by atoms with Gasteiger partial charge in [0.05, 0.1) is 19.2 Å². The van der Waals surface area contributed by atoms with E-state index < -0.39 is 0 Å². The highest BCUT2D eigenvalue weighted by Crippen LogP contribution is 2.27. The fourth-order valence-corrected chi connectivity index (χ4v) is 3.29. The third-order valence-corrected chi connectivity index (χ3v) is 4.51. The van der Waals surface area contributed by atoms with E-state index in [1.54, 1.807) is 0 Å². The molecule has 3 aromatic rings. The number of benzene rings is 3. The Balaban J connectivity index is 1.71. The van der Waals surface area contributed by atoms with Crippen molar-refractivity contribution in [2.75, 3.05) is 25.5 Å². The van der Waals surface area contributed by atoms with Crippen LogP contribution in [0.4, 0.5) is 5.69 Å². The number of amides is 1. The van der Waals surface area contributed by atoms with E-state index in [2.05, 4.69) is 34.5 Å². The molecule has 0 aliphatic heterocycles. The van der Waals surface area contributed by atoms with Gasteiger partial charge in [0, 0.05) is 5.69 Å². The van der Waals surface area contributed by atoms with Crippen LogP contribution in [0.3, 0.4) is 0 Å². The van der Waals surface area contributed by atoms with Crippen LogP contribution in [0.1, 0.15) is 24.1 Å². The number of carbonyl (C=O) groups is 1. The first kappa shape index (κ1) is 19.6. The number of rotatable bonds is 8. The van der Waals surface area contributed by atoms with Crippen molar-refractivity contribution in [1.29, 1.82) is 0 Å². The molecule has 4 nitrogen and oxygen atoms in total. The molecular weight excluding hydrogens is 348 g/mol. The maximum Gasteiger partial charge on any atom is 0.238 e.